The fourth-order valence-corrected chi connectivity index (χ4v) is 1.43. The minimum absolute atomic E-state index is 0.313. The summed E-state index contributed by atoms with van der Waals surface area (Å²) in [6.07, 6.45) is 1.26. The highest BCUT2D eigenvalue weighted by Crippen LogP contribution is 2.18. The van der Waals surface area contributed by atoms with Crippen LogP contribution < -0.4 is 0 Å². The monoisotopic (exact) mass is 188 g/mol. The summed E-state index contributed by atoms with van der Waals surface area (Å²) in [6.45, 7) is 5.88. The van der Waals surface area contributed by atoms with Gasteiger partial charge in [0.25, 0.3) is 0 Å². The Morgan fingerprint density at radius 3 is 2.23 bits per heavy atom. The minimum Gasteiger partial charge on any atom is -0.481 e. The van der Waals surface area contributed by atoms with Crippen LogP contribution in [0.1, 0.15) is 40.0 Å². The van der Waals surface area contributed by atoms with Gasteiger partial charge in [-0.3, -0.25) is 4.79 Å². The number of hydrogen-bond donors (Lipinski definition) is 2. The summed E-state index contributed by atoms with van der Waals surface area (Å²) >= 11 is 0. The highest BCUT2D eigenvalue weighted by Gasteiger charge is 2.26. The van der Waals surface area contributed by atoms with Crippen LogP contribution in [-0.4, -0.2) is 22.3 Å². The van der Waals surface area contributed by atoms with E-state index < -0.39 is 18.0 Å². The molecule has 0 rings (SSSR count). The van der Waals surface area contributed by atoms with Crippen molar-refractivity contribution < 1.29 is 15.0 Å². The lowest BCUT2D eigenvalue weighted by atomic mass is 9.90. The summed E-state index contributed by atoms with van der Waals surface area (Å²) < 4.78 is 0. The molecule has 0 amide bonds. The number of hydrogen-bond acceptors (Lipinski definition) is 2. The van der Waals surface area contributed by atoms with Crippen LogP contribution in [0, 0.1) is 11.8 Å². The van der Waals surface area contributed by atoms with Crippen LogP contribution >= 0.6 is 0 Å². The van der Waals surface area contributed by atoms with E-state index in [2.05, 4.69) is 0 Å². The molecule has 13 heavy (non-hydrogen) atoms. The molecule has 0 bridgehead atoms. The van der Waals surface area contributed by atoms with Gasteiger partial charge in [0.15, 0.2) is 0 Å². The fourth-order valence-electron chi connectivity index (χ4n) is 1.43. The maximum Gasteiger partial charge on any atom is 0.309 e. The van der Waals surface area contributed by atoms with Crippen LogP contribution in [0.5, 0.6) is 0 Å². The van der Waals surface area contributed by atoms with Crippen molar-refractivity contribution in [1.82, 2.24) is 0 Å². The van der Waals surface area contributed by atoms with E-state index in [1.54, 1.807) is 0 Å². The zero-order valence-electron chi connectivity index (χ0n) is 8.66. The minimum atomic E-state index is -0.880. The lowest BCUT2D eigenvalue weighted by Crippen LogP contribution is -2.29. The summed E-state index contributed by atoms with van der Waals surface area (Å²) in [5.74, 6) is -1.16. The van der Waals surface area contributed by atoms with Crippen molar-refractivity contribution in [3.05, 3.63) is 0 Å². The first kappa shape index (κ1) is 12.4. The average molecular weight is 188 g/mol. The summed E-state index contributed by atoms with van der Waals surface area (Å²) in [5.41, 5.74) is 0. The Balaban J connectivity index is 4.15. The molecule has 0 radical (unpaired) electrons. The fraction of sp³-hybridized carbons (Fsp3) is 0.900. The van der Waals surface area contributed by atoms with Crippen LogP contribution in [0.4, 0.5) is 0 Å². The molecule has 0 spiro atoms. The predicted octanol–water partition coefficient (Wildman–Crippen LogP) is 1.89. The molecule has 0 aromatic rings. The van der Waals surface area contributed by atoms with Gasteiger partial charge in [-0.1, -0.05) is 27.2 Å². The molecule has 3 heteroatoms. The van der Waals surface area contributed by atoms with Gasteiger partial charge in [0.2, 0.25) is 0 Å². The standard InChI is InChI=1S/C10H20O3/c1-4-5-9(11)8(10(12)13)6-7(2)3/h7-9,11H,4-6H2,1-3H3,(H,12,13)/t8-,9-/m1/s1. The molecule has 0 heterocycles. The van der Waals surface area contributed by atoms with Crippen LogP contribution in [0.2, 0.25) is 0 Å². The number of aliphatic carboxylic acids is 1. The molecule has 0 saturated heterocycles. The molecule has 2 N–H and O–H groups in total. The Morgan fingerprint density at radius 1 is 1.38 bits per heavy atom. The zero-order chi connectivity index (χ0) is 10.4. The number of carboxylic acid groups (broad SMARTS) is 1. The Hall–Kier alpha value is -0.570. The highest BCUT2D eigenvalue weighted by molar-refractivity contribution is 5.70. The summed E-state index contributed by atoms with van der Waals surface area (Å²) in [5, 5.41) is 18.4. The van der Waals surface area contributed by atoms with E-state index in [1.165, 1.54) is 0 Å². The smallest absolute Gasteiger partial charge is 0.309 e. The third kappa shape index (κ3) is 4.88. The van der Waals surface area contributed by atoms with Gasteiger partial charge in [0, 0.05) is 0 Å². The Labute approximate surface area is 79.8 Å². The molecule has 0 aromatic carbocycles. The zero-order valence-corrected chi connectivity index (χ0v) is 8.66. The van der Waals surface area contributed by atoms with Crippen molar-refractivity contribution in [3.8, 4) is 0 Å². The van der Waals surface area contributed by atoms with E-state index in [-0.39, 0.29) is 0 Å². The van der Waals surface area contributed by atoms with Gasteiger partial charge in [0.1, 0.15) is 0 Å². The molecule has 0 aliphatic carbocycles. The Bertz CT molecular complexity index is 154. The van der Waals surface area contributed by atoms with E-state index in [0.717, 1.165) is 6.42 Å². The SMILES string of the molecule is CCC[C@@H](O)[C@@H](CC(C)C)C(=O)O. The third-order valence-electron chi connectivity index (χ3n) is 2.09. The Kier molecular flexibility index (Phi) is 5.71. The molecule has 2 atom stereocenters. The van der Waals surface area contributed by atoms with E-state index in [4.69, 9.17) is 5.11 Å². The molecule has 0 aromatic heterocycles. The van der Waals surface area contributed by atoms with Gasteiger partial charge < -0.3 is 10.2 Å². The molecular formula is C10H20O3. The largest absolute Gasteiger partial charge is 0.481 e. The van der Waals surface area contributed by atoms with Gasteiger partial charge in [-0.25, -0.2) is 0 Å². The maximum atomic E-state index is 10.8. The topological polar surface area (TPSA) is 57.5 Å². The number of carboxylic acids is 1. The average Bonchev–Trinajstić information content (AvgIpc) is 1.99. The van der Waals surface area contributed by atoms with Crippen molar-refractivity contribution in [3.63, 3.8) is 0 Å². The number of rotatable bonds is 6. The molecule has 0 unspecified atom stereocenters. The lowest BCUT2D eigenvalue weighted by Gasteiger charge is -2.20. The summed E-state index contributed by atoms with van der Waals surface area (Å²) in [7, 11) is 0. The molecule has 0 saturated carbocycles. The van der Waals surface area contributed by atoms with Crippen molar-refractivity contribution in [2.24, 2.45) is 11.8 Å². The van der Waals surface area contributed by atoms with Crippen LogP contribution in [0.15, 0.2) is 0 Å². The predicted molar refractivity (Wildman–Crippen MR) is 51.5 cm³/mol. The van der Waals surface area contributed by atoms with Gasteiger partial charge in [-0.05, 0) is 18.8 Å². The van der Waals surface area contributed by atoms with Crippen LogP contribution in [0.3, 0.4) is 0 Å². The van der Waals surface area contributed by atoms with Crippen molar-refractivity contribution >= 4 is 5.97 Å². The molecule has 0 fully saturated rings. The third-order valence-corrected chi connectivity index (χ3v) is 2.09. The molecule has 3 nitrogen and oxygen atoms in total. The summed E-state index contributed by atoms with van der Waals surface area (Å²) in [6, 6.07) is 0. The maximum absolute atomic E-state index is 10.8. The van der Waals surface area contributed by atoms with Crippen molar-refractivity contribution in [1.29, 1.82) is 0 Å². The van der Waals surface area contributed by atoms with Gasteiger partial charge in [0.05, 0.1) is 12.0 Å². The molecular weight excluding hydrogens is 168 g/mol. The van der Waals surface area contributed by atoms with Crippen molar-refractivity contribution in [2.45, 2.75) is 46.1 Å². The molecule has 78 valence electrons. The van der Waals surface area contributed by atoms with Gasteiger partial charge in [-0.2, -0.15) is 0 Å². The van der Waals surface area contributed by atoms with Crippen LogP contribution in [0.25, 0.3) is 0 Å². The van der Waals surface area contributed by atoms with Crippen LogP contribution in [-0.2, 0) is 4.79 Å². The van der Waals surface area contributed by atoms with Gasteiger partial charge >= 0.3 is 5.97 Å². The first-order valence-electron chi connectivity index (χ1n) is 4.89. The van der Waals surface area contributed by atoms with Gasteiger partial charge in [-0.15, -0.1) is 0 Å². The molecule has 0 aliphatic rings. The molecule has 0 aliphatic heterocycles. The second-order valence-electron chi connectivity index (χ2n) is 3.93. The second kappa shape index (κ2) is 5.97. The van der Waals surface area contributed by atoms with Crippen molar-refractivity contribution in [2.75, 3.05) is 0 Å². The highest BCUT2D eigenvalue weighted by atomic mass is 16.4. The van der Waals surface area contributed by atoms with E-state index in [1.807, 2.05) is 20.8 Å². The number of carbonyl (C=O) groups is 1. The second-order valence-corrected chi connectivity index (χ2v) is 3.93. The quantitative estimate of drug-likeness (QED) is 0.669. The lowest BCUT2D eigenvalue weighted by molar-refractivity contribution is -0.146. The van der Waals surface area contributed by atoms with E-state index >= 15 is 0 Å². The Morgan fingerprint density at radius 2 is 1.92 bits per heavy atom. The van der Waals surface area contributed by atoms with E-state index in [9.17, 15) is 9.90 Å². The first-order chi connectivity index (χ1) is 5.99. The number of aliphatic hydroxyl groups is 1. The summed E-state index contributed by atoms with van der Waals surface area (Å²) in [4.78, 5) is 10.8. The normalized spacial score (nSPS) is 15.8. The number of aliphatic hydroxyl groups excluding tert-OH is 1. The van der Waals surface area contributed by atoms with E-state index in [0.29, 0.717) is 18.8 Å². The first-order valence-corrected chi connectivity index (χ1v) is 4.89.